The van der Waals surface area contributed by atoms with Crippen molar-refractivity contribution in [2.24, 2.45) is 0 Å². The van der Waals surface area contributed by atoms with Crippen LogP contribution in [0.15, 0.2) is 42.5 Å². The first-order valence-corrected chi connectivity index (χ1v) is 12.2. The van der Waals surface area contributed by atoms with Crippen molar-refractivity contribution in [3.63, 3.8) is 0 Å². The lowest BCUT2D eigenvalue weighted by atomic mass is 10.1. The van der Waals surface area contributed by atoms with Gasteiger partial charge in [-0.05, 0) is 30.5 Å². The molecule has 1 fully saturated rings. The van der Waals surface area contributed by atoms with Crippen molar-refractivity contribution in [2.45, 2.75) is 19.3 Å². The molecule has 2 aromatic carbocycles. The van der Waals surface area contributed by atoms with Crippen molar-refractivity contribution >= 4 is 32.6 Å². The van der Waals surface area contributed by atoms with Gasteiger partial charge in [0, 0.05) is 32.6 Å². The summed E-state index contributed by atoms with van der Waals surface area (Å²) < 4.78 is 17.4. The Bertz CT molecular complexity index is 1010. The van der Waals surface area contributed by atoms with E-state index in [2.05, 4.69) is 17.0 Å². The predicted octanol–water partition coefficient (Wildman–Crippen LogP) is 4.00. The Balaban J connectivity index is 1.55. The topological polar surface area (TPSA) is 64.1 Å². The molecule has 33 heavy (non-hydrogen) atoms. The van der Waals surface area contributed by atoms with Gasteiger partial charge in [0.15, 0.2) is 5.13 Å². The number of rotatable bonds is 10. The molecule has 1 amide bonds. The van der Waals surface area contributed by atoms with E-state index in [1.54, 1.807) is 14.2 Å². The van der Waals surface area contributed by atoms with Gasteiger partial charge in [-0.3, -0.25) is 14.6 Å². The number of fused-ring (bicyclic) bond motifs is 1. The van der Waals surface area contributed by atoms with E-state index in [4.69, 9.17) is 19.2 Å². The fourth-order valence-corrected chi connectivity index (χ4v) is 5.14. The lowest BCUT2D eigenvalue weighted by Crippen LogP contribution is -2.39. The second kappa shape index (κ2) is 11.4. The molecule has 176 valence electrons. The first-order chi connectivity index (χ1) is 16.2. The van der Waals surface area contributed by atoms with Gasteiger partial charge in [-0.15, -0.1) is 0 Å². The first kappa shape index (κ1) is 23.5. The van der Waals surface area contributed by atoms with Crippen molar-refractivity contribution < 1.29 is 19.0 Å². The summed E-state index contributed by atoms with van der Waals surface area (Å²) in [7, 11) is 3.27. The lowest BCUT2D eigenvalue weighted by Gasteiger charge is -2.27. The molecular formula is C25H31N3O4S. The van der Waals surface area contributed by atoms with E-state index in [1.807, 2.05) is 35.2 Å². The Morgan fingerprint density at radius 3 is 2.55 bits per heavy atom. The largest absolute Gasteiger partial charge is 0.495 e. The molecule has 0 aliphatic carbocycles. The average Bonchev–Trinajstić information content (AvgIpc) is 3.31. The van der Waals surface area contributed by atoms with E-state index in [9.17, 15) is 4.79 Å². The molecular weight excluding hydrogens is 438 g/mol. The van der Waals surface area contributed by atoms with Gasteiger partial charge in [0.25, 0.3) is 0 Å². The fourth-order valence-electron chi connectivity index (χ4n) is 4.02. The van der Waals surface area contributed by atoms with E-state index in [-0.39, 0.29) is 5.91 Å². The van der Waals surface area contributed by atoms with Gasteiger partial charge in [-0.1, -0.05) is 41.7 Å². The number of ether oxygens (including phenoxy) is 3. The summed E-state index contributed by atoms with van der Waals surface area (Å²) in [5, 5.41) is 0.688. The highest BCUT2D eigenvalue weighted by Gasteiger charge is 2.23. The van der Waals surface area contributed by atoms with Crippen LogP contribution in [-0.4, -0.2) is 69.4 Å². The van der Waals surface area contributed by atoms with Crippen LogP contribution in [0.1, 0.15) is 18.4 Å². The molecule has 0 radical (unpaired) electrons. The number of thiazole rings is 1. The number of morpholine rings is 1. The van der Waals surface area contributed by atoms with Crippen molar-refractivity contribution in [3.05, 3.63) is 48.0 Å². The van der Waals surface area contributed by atoms with Gasteiger partial charge in [-0.25, -0.2) is 4.98 Å². The fraction of sp³-hybridized carbons (Fsp3) is 0.440. The first-order valence-electron chi connectivity index (χ1n) is 11.4. The highest BCUT2D eigenvalue weighted by molar-refractivity contribution is 7.22. The number of amides is 1. The number of benzene rings is 2. The molecule has 4 rings (SSSR count). The van der Waals surface area contributed by atoms with E-state index in [1.165, 1.54) is 11.3 Å². The third kappa shape index (κ3) is 5.82. The summed E-state index contributed by atoms with van der Waals surface area (Å²) in [6, 6.07) is 13.9. The molecule has 1 aliphatic heterocycles. The number of hydrogen-bond acceptors (Lipinski definition) is 7. The Labute approximate surface area is 198 Å². The number of aromatic nitrogens is 1. The van der Waals surface area contributed by atoms with Crippen LogP contribution in [0.5, 0.6) is 11.5 Å². The molecule has 2 heterocycles. The normalized spacial score (nSPS) is 14.4. The lowest BCUT2D eigenvalue weighted by molar-refractivity contribution is -0.118. The Hall–Kier alpha value is -2.68. The van der Waals surface area contributed by atoms with Gasteiger partial charge in [-0.2, -0.15) is 0 Å². The van der Waals surface area contributed by atoms with E-state index in [0.29, 0.717) is 30.3 Å². The van der Waals surface area contributed by atoms with Gasteiger partial charge >= 0.3 is 0 Å². The van der Waals surface area contributed by atoms with Gasteiger partial charge < -0.3 is 14.2 Å². The molecule has 1 aliphatic rings. The van der Waals surface area contributed by atoms with Gasteiger partial charge in [0.1, 0.15) is 21.7 Å². The minimum absolute atomic E-state index is 0.0813. The van der Waals surface area contributed by atoms with Crippen molar-refractivity contribution in [1.82, 2.24) is 9.88 Å². The number of anilines is 1. The third-order valence-corrected chi connectivity index (χ3v) is 6.95. The zero-order chi connectivity index (χ0) is 23.0. The van der Waals surface area contributed by atoms with Crippen molar-refractivity contribution in [2.75, 3.05) is 58.5 Å². The summed E-state index contributed by atoms with van der Waals surface area (Å²) in [4.78, 5) is 22.4. The number of nitrogens with zero attached hydrogens (tertiary/aromatic N) is 3. The summed E-state index contributed by atoms with van der Waals surface area (Å²) >= 11 is 1.48. The Morgan fingerprint density at radius 1 is 1.09 bits per heavy atom. The number of methoxy groups -OCH3 is 2. The number of hydrogen-bond donors (Lipinski definition) is 0. The molecule has 0 atom stereocenters. The highest BCUT2D eigenvalue weighted by atomic mass is 32.1. The van der Waals surface area contributed by atoms with Crippen LogP contribution in [0.25, 0.3) is 10.2 Å². The number of carbonyl (C=O) groups excluding carboxylic acids is 1. The van der Waals surface area contributed by atoms with E-state index < -0.39 is 0 Å². The molecule has 0 spiro atoms. The molecule has 7 nitrogen and oxygen atoms in total. The summed E-state index contributed by atoms with van der Waals surface area (Å²) in [6.45, 7) is 4.99. The minimum atomic E-state index is 0.0813. The standard InChI is InChI=1S/C25H31N3O4S/c1-30-20-10-11-21(31-2)24-23(20)26-25(33-24)28(14-6-13-27-15-17-32-18-16-27)22(29)12-9-19-7-4-3-5-8-19/h3-5,7-8,10-11H,6,9,12-18H2,1-2H3. The van der Waals surface area contributed by atoms with Crippen molar-refractivity contribution in [3.8, 4) is 11.5 Å². The Kier molecular flexibility index (Phi) is 8.15. The Morgan fingerprint density at radius 2 is 1.82 bits per heavy atom. The summed E-state index contributed by atoms with van der Waals surface area (Å²) in [5.74, 6) is 1.50. The predicted molar refractivity (Wildman–Crippen MR) is 132 cm³/mol. The average molecular weight is 470 g/mol. The smallest absolute Gasteiger partial charge is 0.229 e. The van der Waals surface area contributed by atoms with E-state index in [0.717, 1.165) is 60.8 Å². The van der Waals surface area contributed by atoms with Crippen molar-refractivity contribution in [1.29, 1.82) is 0 Å². The maximum atomic E-state index is 13.4. The quantitative estimate of drug-likeness (QED) is 0.447. The SMILES string of the molecule is COc1ccc(OC)c2sc(N(CCCN3CCOCC3)C(=O)CCc3ccccc3)nc12. The monoisotopic (exact) mass is 469 g/mol. The van der Waals surface area contributed by atoms with Crippen LogP contribution >= 0.6 is 11.3 Å². The number of carbonyl (C=O) groups is 1. The summed E-state index contributed by atoms with van der Waals surface area (Å²) in [5.41, 5.74) is 1.89. The molecule has 1 saturated heterocycles. The molecule has 8 heteroatoms. The maximum Gasteiger partial charge on any atom is 0.229 e. The summed E-state index contributed by atoms with van der Waals surface area (Å²) in [6.07, 6.45) is 2.02. The van der Waals surface area contributed by atoms with Crippen LogP contribution in [-0.2, 0) is 16.0 Å². The van der Waals surface area contributed by atoms with Crippen LogP contribution in [0, 0.1) is 0 Å². The molecule has 0 unspecified atom stereocenters. The molecule has 0 saturated carbocycles. The minimum Gasteiger partial charge on any atom is -0.495 e. The van der Waals surface area contributed by atoms with Crippen LogP contribution in [0.3, 0.4) is 0 Å². The van der Waals surface area contributed by atoms with Crippen LogP contribution < -0.4 is 14.4 Å². The third-order valence-electron chi connectivity index (χ3n) is 5.86. The van der Waals surface area contributed by atoms with Crippen LogP contribution in [0.2, 0.25) is 0 Å². The van der Waals surface area contributed by atoms with Crippen LogP contribution in [0.4, 0.5) is 5.13 Å². The number of aryl methyl sites for hydroxylation is 1. The highest BCUT2D eigenvalue weighted by Crippen LogP contribution is 2.40. The molecule has 0 N–H and O–H groups in total. The van der Waals surface area contributed by atoms with E-state index >= 15 is 0 Å². The van der Waals surface area contributed by atoms with Gasteiger partial charge in [0.2, 0.25) is 5.91 Å². The molecule has 0 bridgehead atoms. The molecule has 1 aromatic heterocycles. The second-order valence-corrected chi connectivity index (χ2v) is 8.96. The maximum absolute atomic E-state index is 13.4. The zero-order valence-electron chi connectivity index (χ0n) is 19.3. The second-order valence-electron chi connectivity index (χ2n) is 7.98. The van der Waals surface area contributed by atoms with Gasteiger partial charge in [0.05, 0.1) is 27.4 Å². The molecule has 3 aromatic rings. The zero-order valence-corrected chi connectivity index (χ0v) is 20.1.